The highest BCUT2D eigenvalue weighted by atomic mass is 35.5. The van der Waals surface area contributed by atoms with Gasteiger partial charge in [0, 0.05) is 18.1 Å². The van der Waals surface area contributed by atoms with E-state index >= 15 is 0 Å². The molecule has 0 aliphatic carbocycles. The first kappa shape index (κ1) is 9.00. The van der Waals surface area contributed by atoms with Crippen molar-refractivity contribution >= 4 is 11.6 Å². The quantitative estimate of drug-likeness (QED) is 0.674. The lowest BCUT2D eigenvalue weighted by Gasteiger charge is -2.22. The summed E-state index contributed by atoms with van der Waals surface area (Å²) in [6.07, 6.45) is 0.104. The predicted molar refractivity (Wildman–Crippen MR) is 52.0 cm³/mol. The van der Waals surface area contributed by atoms with Crippen molar-refractivity contribution in [2.45, 2.75) is 6.10 Å². The third-order valence-corrected chi connectivity index (χ3v) is 2.32. The molecule has 0 aromatic heterocycles. The molecule has 1 radical (unpaired) electrons. The summed E-state index contributed by atoms with van der Waals surface area (Å²) in [7, 11) is 0. The Labute approximate surface area is 82.9 Å². The molecule has 0 spiro atoms. The van der Waals surface area contributed by atoms with E-state index in [0.717, 1.165) is 30.3 Å². The highest BCUT2D eigenvalue weighted by Gasteiger charge is 2.15. The van der Waals surface area contributed by atoms with Crippen LogP contribution >= 0.6 is 11.6 Å². The second-order valence-electron chi connectivity index (χ2n) is 3.04. The van der Waals surface area contributed by atoms with Crippen molar-refractivity contribution < 1.29 is 4.74 Å². The molecule has 3 heteroatoms. The average molecular weight is 197 g/mol. The van der Waals surface area contributed by atoms with Gasteiger partial charge in [-0.25, -0.2) is 5.32 Å². The highest BCUT2D eigenvalue weighted by molar-refractivity contribution is 6.30. The molecule has 0 N–H and O–H groups in total. The number of ether oxygens (including phenoxy) is 1. The van der Waals surface area contributed by atoms with Gasteiger partial charge in [0.15, 0.2) is 0 Å². The van der Waals surface area contributed by atoms with E-state index in [1.807, 2.05) is 24.3 Å². The molecule has 0 bridgehead atoms. The zero-order chi connectivity index (χ0) is 9.10. The van der Waals surface area contributed by atoms with E-state index in [0.29, 0.717) is 0 Å². The second-order valence-corrected chi connectivity index (χ2v) is 3.48. The Morgan fingerprint density at radius 3 is 3.08 bits per heavy atom. The Morgan fingerprint density at radius 1 is 1.46 bits per heavy atom. The summed E-state index contributed by atoms with van der Waals surface area (Å²) < 4.78 is 5.57. The Balaban J connectivity index is 2.14. The number of morpholine rings is 1. The fourth-order valence-electron chi connectivity index (χ4n) is 1.43. The Hall–Kier alpha value is -0.570. The van der Waals surface area contributed by atoms with Gasteiger partial charge >= 0.3 is 0 Å². The van der Waals surface area contributed by atoms with Crippen LogP contribution in [0.15, 0.2) is 24.3 Å². The van der Waals surface area contributed by atoms with Gasteiger partial charge in [-0.3, -0.25) is 0 Å². The lowest BCUT2D eigenvalue weighted by Crippen LogP contribution is -2.28. The maximum atomic E-state index is 5.88. The summed E-state index contributed by atoms with van der Waals surface area (Å²) in [5.41, 5.74) is 1.12. The molecule has 1 aliphatic rings. The van der Waals surface area contributed by atoms with Crippen LogP contribution in [0.25, 0.3) is 0 Å². The standard InChI is InChI=1S/C10H11ClNO/c11-9-3-1-2-8(6-9)10-7-12-4-5-13-10/h1-3,6,10H,4-5,7H2. The molecule has 1 aromatic carbocycles. The summed E-state index contributed by atoms with van der Waals surface area (Å²) in [5, 5.41) is 5.05. The second kappa shape index (κ2) is 4.09. The third-order valence-electron chi connectivity index (χ3n) is 2.08. The van der Waals surface area contributed by atoms with Crippen LogP contribution < -0.4 is 5.32 Å². The van der Waals surface area contributed by atoms with Crippen LogP contribution in [-0.2, 0) is 4.74 Å². The molecule has 2 rings (SSSR count). The van der Waals surface area contributed by atoms with Crippen molar-refractivity contribution in [3.05, 3.63) is 34.9 Å². The van der Waals surface area contributed by atoms with Gasteiger partial charge in [-0.05, 0) is 17.7 Å². The van der Waals surface area contributed by atoms with E-state index in [9.17, 15) is 0 Å². The van der Waals surface area contributed by atoms with Crippen molar-refractivity contribution in [2.75, 3.05) is 19.7 Å². The zero-order valence-electron chi connectivity index (χ0n) is 7.24. The van der Waals surface area contributed by atoms with Crippen LogP contribution in [-0.4, -0.2) is 19.7 Å². The molecular weight excluding hydrogens is 186 g/mol. The topological polar surface area (TPSA) is 23.3 Å². The monoisotopic (exact) mass is 196 g/mol. The first-order chi connectivity index (χ1) is 6.36. The van der Waals surface area contributed by atoms with Gasteiger partial charge in [-0.15, -0.1) is 0 Å². The van der Waals surface area contributed by atoms with Gasteiger partial charge in [-0.1, -0.05) is 23.7 Å². The molecule has 1 atom stereocenters. The van der Waals surface area contributed by atoms with E-state index < -0.39 is 0 Å². The smallest absolute Gasteiger partial charge is 0.0967 e. The minimum Gasteiger partial charge on any atom is -0.371 e. The summed E-state index contributed by atoms with van der Waals surface area (Å²) in [6, 6.07) is 7.77. The van der Waals surface area contributed by atoms with Gasteiger partial charge in [0.25, 0.3) is 0 Å². The predicted octanol–water partition coefficient (Wildman–Crippen LogP) is 2.02. The normalized spacial score (nSPS) is 23.0. The average Bonchev–Trinajstić information content (AvgIpc) is 2.19. The molecule has 0 saturated carbocycles. The van der Waals surface area contributed by atoms with E-state index in [4.69, 9.17) is 16.3 Å². The zero-order valence-corrected chi connectivity index (χ0v) is 8.00. The maximum Gasteiger partial charge on any atom is 0.0967 e. The van der Waals surface area contributed by atoms with E-state index in [2.05, 4.69) is 5.32 Å². The molecule has 1 unspecified atom stereocenters. The molecule has 0 amide bonds. The van der Waals surface area contributed by atoms with Gasteiger partial charge in [-0.2, -0.15) is 0 Å². The maximum absolute atomic E-state index is 5.88. The molecule has 13 heavy (non-hydrogen) atoms. The molecule has 1 saturated heterocycles. The molecular formula is C10H11ClNO. The minimum atomic E-state index is 0.104. The lowest BCUT2D eigenvalue weighted by atomic mass is 10.1. The van der Waals surface area contributed by atoms with Crippen LogP contribution in [0, 0.1) is 0 Å². The SMILES string of the molecule is Clc1cccc(C2C[N]CCO2)c1. The fourth-order valence-corrected chi connectivity index (χ4v) is 1.63. The van der Waals surface area contributed by atoms with E-state index in [1.54, 1.807) is 0 Å². The number of nitrogens with zero attached hydrogens (tertiary/aromatic N) is 1. The third kappa shape index (κ3) is 2.21. The number of hydrogen-bond donors (Lipinski definition) is 0. The Kier molecular flexibility index (Phi) is 2.83. The van der Waals surface area contributed by atoms with Crippen LogP contribution in [0.3, 0.4) is 0 Å². The molecule has 1 heterocycles. The number of hydrogen-bond acceptors (Lipinski definition) is 1. The summed E-state index contributed by atoms with van der Waals surface area (Å²) >= 11 is 5.88. The van der Waals surface area contributed by atoms with Crippen molar-refractivity contribution in [3.8, 4) is 0 Å². The number of benzene rings is 1. The molecule has 2 nitrogen and oxygen atoms in total. The van der Waals surface area contributed by atoms with Crippen LogP contribution in [0.4, 0.5) is 0 Å². The van der Waals surface area contributed by atoms with E-state index in [-0.39, 0.29) is 6.10 Å². The molecule has 1 aliphatic heterocycles. The van der Waals surface area contributed by atoms with E-state index in [1.165, 1.54) is 0 Å². The van der Waals surface area contributed by atoms with Crippen molar-refractivity contribution in [1.29, 1.82) is 0 Å². The van der Waals surface area contributed by atoms with Gasteiger partial charge in [0.05, 0.1) is 12.7 Å². The molecule has 69 valence electrons. The first-order valence-electron chi connectivity index (χ1n) is 4.36. The van der Waals surface area contributed by atoms with Gasteiger partial charge in [0.1, 0.15) is 0 Å². The summed E-state index contributed by atoms with van der Waals surface area (Å²) in [6.45, 7) is 2.29. The van der Waals surface area contributed by atoms with Crippen molar-refractivity contribution in [3.63, 3.8) is 0 Å². The van der Waals surface area contributed by atoms with Gasteiger partial charge in [0.2, 0.25) is 0 Å². The van der Waals surface area contributed by atoms with Crippen molar-refractivity contribution in [1.82, 2.24) is 5.32 Å². The number of rotatable bonds is 1. The minimum absolute atomic E-state index is 0.104. The van der Waals surface area contributed by atoms with Crippen LogP contribution in [0.2, 0.25) is 5.02 Å². The highest BCUT2D eigenvalue weighted by Crippen LogP contribution is 2.21. The fraction of sp³-hybridized carbons (Fsp3) is 0.400. The Morgan fingerprint density at radius 2 is 2.38 bits per heavy atom. The Bertz CT molecular complexity index is 284. The van der Waals surface area contributed by atoms with Crippen LogP contribution in [0.1, 0.15) is 11.7 Å². The van der Waals surface area contributed by atoms with Gasteiger partial charge < -0.3 is 4.74 Å². The van der Waals surface area contributed by atoms with Crippen molar-refractivity contribution in [2.24, 2.45) is 0 Å². The largest absolute Gasteiger partial charge is 0.371 e. The lowest BCUT2D eigenvalue weighted by molar-refractivity contribution is 0.0261. The summed E-state index contributed by atoms with van der Waals surface area (Å²) in [4.78, 5) is 0. The van der Waals surface area contributed by atoms with Crippen LogP contribution in [0.5, 0.6) is 0 Å². The summed E-state index contributed by atoms with van der Waals surface area (Å²) in [5.74, 6) is 0. The first-order valence-corrected chi connectivity index (χ1v) is 4.74. The molecule has 1 aromatic rings. The number of halogens is 1. The molecule has 1 fully saturated rings.